The molecule has 0 unspecified atom stereocenters. The molecule has 2 rings (SSSR count). The Labute approximate surface area is 125 Å². The maximum absolute atomic E-state index is 3.52. The SMILES string of the molecule is BrCc1ccccc1/C=C/c1ccccc1CBr. The van der Waals surface area contributed by atoms with E-state index in [4.69, 9.17) is 0 Å². The molecule has 2 heteroatoms. The van der Waals surface area contributed by atoms with E-state index in [1.54, 1.807) is 0 Å². The van der Waals surface area contributed by atoms with Crippen LogP contribution in [0.3, 0.4) is 0 Å². The van der Waals surface area contributed by atoms with Gasteiger partial charge >= 0.3 is 0 Å². The van der Waals surface area contributed by atoms with E-state index < -0.39 is 0 Å². The molecule has 0 saturated carbocycles. The van der Waals surface area contributed by atoms with Gasteiger partial charge in [0.05, 0.1) is 0 Å². The van der Waals surface area contributed by atoms with Crippen LogP contribution in [-0.4, -0.2) is 0 Å². The van der Waals surface area contributed by atoms with Gasteiger partial charge in [-0.3, -0.25) is 0 Å². The summed E-state index contributed by atoms with van der Waals surface area (Å²) in [4.78, 5) is 0. The molecule has 0 atom stereocenters. The summed E-state index contributed by atoms with van der Waals surface area (Å²) in [6.07, 6.45) is 4.36. The predicted octanol–water partition coefficient (Wildman–Crippen LogP) is 5.65. The maximum atomic E-state index is 3.52. The van der Waals surface area contributed by atoms with Crippen molar-refractivity contribution >= 4 is 44.0 Å². The molecule has 0 aliphatic carbocycles. The van der Waals surface area contributed by atoms with Crippen molar-refractivity contribution in [3.63, 3.8) is 0 Å². The lowest BCUT2D eigenvalue weighted by atomic mass is 10.0. The number of halogens is 2. The molecular formula is C16H14Br2. The Morgan fingerprint density at radius 1 is 0.667 bits per heavy atom. The zero-order valence-corrected chi connectivity index (χ0v) is 13.1. The van der Waals surface area contributed by atoms with Crippen LogP contribution in [0.1, 0.15) is 22.3 Å². The van der Waals surface area contributed by atoms with Gasteiger partial charge in [-0.15, -0.1) is 0 Å². The Kier molecular flexibility index (Phi) is 5.21. The molecule has 0 radical (unpaired) electrons. The van der Waals surface area contributed by atoms with Crippen molar-refractivity contribution in [1.82, 2.24) is 0 Å². The number of benzene rings is 2. The molecule has 92 valence electrons. The van der Waals surface area contributed by atoms with E-state index in [0.717, 1.165) is 10.7 Å². The lowest BCUT2D eigenvalue weighted by Crippen LogP contribution is -1.85. The zero-order valence-electron chi connectivity index (χ0n) is 9.94. The van der Waals surface area contributed by atoms with Crippen LogP contribution in [0.15, 0.2) is 48.5 Å². The highest BCUT2D eigenvalue weighted by Crippen LogP contribution is 2.18. The second kappa shape index (κ2) is 6.91. The third-order valence-corrected chi connectivity index (χ3v) is 4.05. The number of alkyl halides is 2. The predicted molar refractivity (Wildman–Crippen MR) is 87.1 cm³/mol. The third-order valence-electron chi connectivity index (χ3n) is 2.84. The van der Waals surface area contributed by atoms with Crippen LogP contribution in [0, 0.1) is 0 Å². The first-order valence-electron chi connectivity index (χ1n) is 5.81. The van der Waals surface area contributed by atoms with Crippen molar-refractivity contribution in [2.24, 2.45) is 0 Å². The van der Waals surface area contributed by atoms with Crippen LogP contribution in [-0.2, 0) is 10.7 Å². The van der Waals surface area contributed by atoms with Crippen LogP contribution >= 0.6 is 31.9 Å². The van der Waals surface area contributed by atoms with E-state index in [1.807, 2.05) is 0 Å². The molecule has 2 aromatic carbocycles. The minimum absolute atomic E-state index is 0.883. The summed E-state index contributed by atoms with van der Waals surface area (Å²) in [6.45, 7) is 0. The van der Waals surface area contributed by atoms with Crippen molar-refractivity contribution in [3.8, 4) is 0 Å². The minimum atomic E-state index is 0.883. The maximum Gasteiger partial charge on any atom is 0.0288 e. The van der Waals surface area contributed by atoms with Crippen molar-refractivity contribution in [3.05, 3.63) is 70.8 Å². The summed E-state index contributed by atoms with van der Waals surface area (Å²) in [6, 6.07) is 16.9. The Morgan fingerprint density at radius 2 is 1.06 bits per heavy atom. The van der Waals surface area contributed by atoms with E-state index in [9.17, 15) is 0 Å². The normalized spacial score (nSPS) is 11.0. The lowest BCUT2D eigenvalue weighted by Gasteiger charge is -2.03. The van der Waals surface area contributed by atoms with Gasteiger partial charge in [0.25, 0.3) is 0 Å². The van der Waals surface area contributed by atoms with Gasteiger partial charge in [-0.1, -0.05) is 92.5 Å². The highest BCUT2D eigenvalue weighted by atomic mass is 79.9. The highest BCUT2D eigenvalue weighted by molar-refractivity contribution is 9.08. The molecule has 0 amide bonds. The molecule has 0 N–H and O–H groups in total. The molecule has 0 fully saturated rings. The monoisotopic (exact) mass is 364 g/mol. The molecule has 0 aliphatic rings. The van der Waals surface area contributed by atoms with E-state index in [0.29, 0.717) is 0 Å². The van der Waals surface area contributed by atoms with Gasteiger partial charge in [0, 0.05) is 10.7 Å². The molecular weight excluding hydrogens is 352 g/mol. The molecule has 18 heavy (non-hydrogen) atoms. The van der Waals surface area contributed by atoms with E-state index in [1.165, 1.54) is 22.3 Å². The van der Waals surface area contributed by atoms with E-state index >= 15 is 0 Å². The van der Waals surface area contributed by atoms with Gasteiger partial charge in [-0.25, -0.2) is 0 Å². The van der Waals surface area contributed by atoms with Crippen molar-refractivity contribution < 1.29 is 0 Å². The lowest BCUT2D eigenvalue weighted by molar-refractivity contribution is 1.40. The Balaban J connectivity index is 2.30. The van der Waals surface area contributed by atoms with Crippen molar-refractivity contribution in [1.29, 1.82) is 0 Å². The molecule has 0 nitrogen and oxygen atoms in total. The van der Waals surface area contributed by atoms with Crippen molar-refractivity contribution in [2.45, 2.75) is 10.7 Å². The van der Waals surface area contributed by atoms with Gasteiger partial charge in [-0.2, -0.15) is 0 Å². The average molecular weight is 366 g/mol. The molecule has 2 aromatic rings. The van der Waals surface area contributed by atoms with Crippen LogP contribution in [0.2, 0.25) is 0 Å². The van der Waals surface area contributed by atoms with E-state index in [-0.39, 0.29) is 0 Å². The van der Waals surface area contributed by atoms with Gasteiger partial charge in [0.15, 0.2) is 0 Å². The fraction of sp³-hybridized carbons (Fsp3) is 0.125. The van der Waals surface area contributed by atoms with E-state index in [2.05, 4.69) is 92.5 Å². The molecule has 0 saturated heterocycles. The summed E-state index contributed by atoms with van der Waals surface area (Å²) in [5.41, 5.74) is 5.15. The molecule has 0 spiro atoms. The van der Waals surface area contributed by atoms with Crippen molar-refractivity contribution in [2.75, 3.05) is 0 Å². The largest absolute Gasteiger partial charge is 0.0876 e. The quantitative estimate of drug-likeness (QED) is 0.485. The molecule has 0 aliphatic heterocycles. The second-order valence-corrected chi connectivity index (χ2v) is 5.12. The fourth-order valence-corrected chi connectivity index (χ4v) is 2.84. The minimum Gasteiger partial charge on any atom is -0.0876 e. The van der Waals surface area contributed by atoms with Crippen LogP contribution in [0.4, 0.5) is 0 Å². The summed E-state index contributed by atoms with van der Waals surface area (Å²) in [7, 11) is 0. The Morgan fingerprint density at radius 3 is 1.44 bits per heavy atom. The molecule has 0 heterocycles. The first-order chi connectivity index (χ1) is 8.85. The fourth-order valence-electron chi connectivity index (χ4n) is 1.82. The second-order valence-electron chi connectivity index (χ2n) is 4.00. The zero-order chi connectivity index (χ0) is 12.8. The number of hydrogen-bond acceptors (Lipinski definition) is 0. The van der Waals surface area contributed by atoms with Crippen LogP contribution < -0.4 is 0 Å². The smallest absolute Gasteiger partial charge is 0.0288 e. The average Bonchev–Trinajstić information content (AvgIpc) is 2.45. The Bertz CT molecular complexity index is 495. The topological polar surface area (TPSA) is 0 Å². The van der Waals surface area contributed by atoms with Gasteiger partial charge in [0.1, 0.15) is 0 Å². The third kappa shape index (κ3) is 3.33. The van der Waals surface area contributed by atoms with Crippen LogP contribution in [0.5, 0.6) is 0 Å². The summed E-state index contributed by atoms with van der Waals surface area (Å²) < 4.78 is 0. The summed E-state index contributed by atoms with van der Waals surface area (Å²) in [5, 5.41) is 1.77. The molecule has 0 aromatic heterocycles. The summed E-state index contributed by atoms with van der Waals surface area (Å²) >= 11 is 7.04. The van der Waals surface area contributed by atoms with Gasteiger partial charge in [-0.05, 0) is 22.3 Å². The first kappa shape index (κ1) is 13.6. The summed E-state index contributed by atoms with van der Waals surface area (Å²) in [5.74, 6) is 0. The Hall–Kier alpha value is -0.860. The standard InChI is InChI=1S/C16H14Br2/c17-11-15-7-3-1-5-13(15)9-10-14-6-2-4-8-16(14)12-18/h1-10H,11-12H2/b10-9+. The molecule has 0 bridgehead atoms. The number of hydrogen-bond donors (Lipinski definition) is 0. The number of rotatable bonds is 4. The highest BCUT2D eigenvalue weighted by Gasteiger charge is 1.98. The first-order valence-corrected chi connectivity index (χ1v) is 8.05. The van der Waals surface area contributed by atoms with Crippen LogP contribution in [0.25, 0.3) is 12.2 Å². The van der Waals surface area contributed by atoms with Gasteiger partial charge < -0.3 is 0 Å². The van der Waals surface area contributed by atoms with Gasteiger partial charge in [0.2, 0.25) is 0 Å².